The highest BCUT2D eigenvalue weighted by Gasteiger charge is 2.27. The number of hydrogen-bond acceptors (Lipinski definition) is 3. The molecule has 1 N–H and O–H groups in total. The fourth-order valence-corrected chi connectivity index (χ4v) is 3.29. The van der Waals surface area contributed by atoms with Crippen molar-refractivity contribution in [2.24, 2.45) is 0 Å². The molecule has 20 heavy (non-hydrogen) atoms. The van der Waals surface area contributed by atoms with Crippen LogP contribution in [0.5, 0.6) is 0 Å². The summed E-state index contributed by atoms with van der Waals surface area (Å²) in [5.41, 5.74) is 0.848. The fraction of sp³-hybridized carbons (Fsp3) is 0.529. The van der Waals surface area contributed by atoms with Gasteiger partial charge in [-0.1, -0.05) is 24.6 Å². The van der Waals surface area contributed by atoms with E-state index in [0.717, 1.165) is 11.0 Å². The Balaban J connectivity index is 1.76. The van der Waals surface area contributed by atoms with Gasteiger partial charge in [0.25, 0.3) is 0 Å². The first kappa shape index (κ1) is 13.7. The van der Waals surface area contributed by atoms with Crippen LogP contribution in [0, 0.1) is 0 Å². The molecule has 108 valence electrons. The number of benzene rings is 1. The molecule has 1 saturated heterocycles. The summed E-state index contributed by atoms with van der Waals surface area (Å²) in [6.45, 7) is 5.16. The second-order valence-corrected chi connectivity index (χ2v) is 6.03. The summed E-state index contributed by atoms with van der Waals surface area (Å²) in [4.78, 5) is 2.40. The fourth-order valence-electron chi connectivity index (χ4n) is 3.29. The summed E-state index contributed by atoms with van der Waals surface area (Å²) in [6.07, 6.45) is 3.18. The highest BCUT2D eigenvalue weighted by molar-refractivity contribution is 5.77. The number of hydrogen-bond donors (Lipinski definition) is 1. The second kappa shape index (κ2) is 5.58. The number of β-amino-alcohol motifs (C(OH)–C–C–N with tert-alkyl or cyclic N) is 1. The molecule has 1 fully saturated rings. The van der Waals surface area contributed by atoms with E-state index in [1.54, 1.807) is 0 Å². The lowest BCUT2D eigenvalue weighted by Gasteiger charge is -2.39. The first-order chi connectivity index (χ1) is 9.65. The van der Waals surface area contributed by atoms with Crippen LogP contribution in [-0.4, -0.2) is 28.6 Å². The molecule has 1 aromatic carbocycles. The van der Waals surface area contributed by atoms with Gasteiger partial charge in [-0.2, -0.15) is 0 Å². The molecule has 3 rings (SSSR count). The van der Waals surface area contributed by atoms with Gasteiger partial charge in [0.15, 0.2) is 0 Å². The second-order valence-electron chi connectivity index (χ2n) is 6.03. The summed E-state index contributed by atoms with van der Waals surface area (Å²) in [7, 11) is 0. The van der Waals surface area contributed by atoms with Crippen molar-refractivity contribution in [3.05, 3.63) is 36.1 Å². The standard InChI is InChI=1S/C17H23NO2/c1-12-6-5-7-13(2)18(12)11-15(19)17-10-14-8-3-4-9-16(14)20-17/h3-4,8-10,12-13,15,19H,5-7,11H2,1-2H3. The van der Waals surface area contributed by atoms with Crippen molar-refractivity contribution in [2.45, 2.75) is 51.3 Å². The summed E-state index contributed by atoms with van der Waals surface area (Å²) in [6, 6.07) is 10.9. The molecule has 0 spiro atoms. The lowest BCUT2D eigenvalue weighted by molar-refractivity contribution is 0.0330. The average Bonchev–Trinajstić information content (AvgIpc) is 2.87. The van der Waals surface area contributed by atoms with Crippen LogP contribution in [0.1, 0.15) is 45.0 Å². The van der Waals surface area contributed by atoms with Gasteiger partial charge in [-0.05, 0) is 38.8 Å². The van der Waals surface area contributed by atoms with Gasteiger partial charge in [0, 0.05) is 24.0 Å². The van der Waals surface area contributed by atoms with Gasteiger partial charge in [-0.3, -0.25) is 4.90 Å². The van der Waals surface area contributed by atoms with E-state index in [-0.39, 0.29) is 0 Å². The third-order valence-corrected chi connectivity index (χ3v) is 4.53. The predicted octanol–water partition coefficient (Wildman–Crippen LogP) is 3.73. The number of para-hydroxylation sites is 1. The number of rotatable bonds is 3. The van der Waals surface area contributed by atoms with E-state index in [4.69, 9.17) is 4.42 Å². The molecule has 0 amide bonds. The number of nitrogens with zero attached hydrogens (tertiary/aromatic N) is 1. The lowest BCUT2D eigenvalue weighted by Crippen LogP contribution is -2.45. The highest BCUT2D eigenvalue weighted by atomic mass is 16.4. The number of aliphatic hydroxyl groups is 1. The van der Waals surface area contributed by atoms with Gasteiger partial charge < -0.3 is 9.52 Å². The topological polar surface area (TPSA) is 36.6 Å². The molecule has 0 radical (unpaired) electrons. The summed E-state index contributed by atoms with van der Waals surface area (Å²) >= 11 is 0. The molecular weight excluding hydrogens is 250 g/mol. The Hall–Kier alpha value is -1.32. The first-order valence-corrected chi connectivity index (χ1v) is 7.57. The molecule has 2 heterocycles. The number of likely N-dealkylation sites (tertiary alicyclic amines) is 1. The van der Waals surface area contributed by atoms with Crippen LogP contribution in [0.25, 0.3) is 11.0 Å². The number of furan rings is 1. The summed E-state index contributed by atoms with van der Waals surface area (Å²) in [5, 5.41) is 11.5. The van der Waals surface area contributed by atoms with Gasteiger partial charge >= 0.3 is 0 Å². The lowest BCUT2D eigenvalue weighted by atomic mass is 9.97. The van der Waals surface area contributed by atoms with Crippen LogP contribution < -0.4 is 0 Å². The van der Waals surface area contributed by atoms with Crippen LogP contribution in [0.4, 0.5) is 0 Å². The summed E-state index contributed by atoms with van der Waals surface area (Å²) < 4.78 is 5.77. The third kappa shape index (κ3) is 2.60. The van der Waals surface area contributed by atoms with E-state index in [9.17, 15) is 5.11 Å². The van der Waals surface area contributed by atoms with E-state index in [2.05, 4.69) is 18.7 Å². The van der Waals surface area contributed by atoms with Crippen molar-refractivity contribution < 1.29 is 9.52 Å². The van der Waals surface area contributed by atoms with E-state index in [1.165, 1.54) is 19.3 Å². The zero-order valence-corrected chi connectivity index (χ0v) is 12.2. The van der Waals surface area contributed by atoms with Gasteiger partial charge in [-0.25, -0.2) is 0 Å². The van der Waals surface area contributed by atoms with Crippen LogP contribution in [0.15, 0.2) is 34.7 Å². The van der Waals surface area contributed by atoms with Gasteiger partial charge in [0.1, 0.15) is 17.4 Å². The number of aliphatic hydroxyl groups excluding tert-OH is 1. The summed E-state index contributed by atoms with van der Waals surface area (Å²) in [5.74, 6) is 0.677. The number of piperidine rings is 1. The highest BCUT2D eigenvalue weighted by Crippen LogP contribution is 2.28. The van der Waals surface area contributed by atoms with E-state index in [0.29, 0.717) is 24.4 Å². The van der Waals surface area contributed by atoms with E-state index >= 15 is 0 Å². The zero-order valence-electron chi connectivity index (χ0n) is 12.2. The molecular formula is C17H23NO2. The van der Waals surface area contributed by atoms with Crippen molar-refractivity contribution in [2.75, 3.05) is 6.54 Å². The quantitative estimate of drug-likeness (QED) is 0.925. The molecule has 1 aromatic heterocycles. The largest absolute Gasteiger partial charge is 0.458 e. The molecule has 1 aliphatic heterocycles. The Morgan fingerprint density at radius 3 is 2.65 bits per heavy atom. The maximum Gasteiger partial charge on any atom is 0.135 e. The molecule has 3 unspecified atom stereocenters. The van der Waals surface area contributed by atoms with Gasteiger partial charge in [0.2, 0.25) is 0 Å². The molecule has 2 aromatic rings. The van der Waals surface area contributed by atoms with Crippen molar-refractivity contribution in [1.82, 2.24) is 4.90 Å². The Bertz CT molecular complexity index is 534. The molecule has 3 nitrogen and oxygen atoms in total. The van der Waals surface area contributed by atoms with Crippen molar-refractivity contribution in [1.29, 1.82) is 0 Å². The van der Waals surface area contributed by atoms with Gasteiger partial charge in [-0.15, -0.1) is 0 Å². The van der Waals surface area contributed by atoms with Crippen LogP contribution >= 0.6 is 0 Å². The Morgan fingerprint density at radius 1 is 1.25 bits per heavy atom. The van der Waals surface area contributed by atoms with Crippen LogP contribution in [0.2, 0.25) is 0 Å². The normalized spacial score (nSPS) is 25.9. The van der Waals surface area contributed by atoms with Crippen LogP contribution in [-0.2, 0) is 0 Å². The van der Waals surface area contributed by atoms with Crippen molar-refractivity contribution >= 4 is 11.0 Å². The predicted molar refractivity (Wildman–Crippen MR) is 80.7 cm³/mol. The van der Waals surface area contributed by atoms with Crippen molar-refractivity contribution in [3.63, 3.8) is 0 Å². The molecule has 3 heteroatoms. The Kier molecular flexibility index (Phi) is 3.81. The van der Waals surface area contributed by atoms with E-state index in [1.807, 2.05) is 30.3 Å². The molecule has 0 aliphatic carbocycles. The third-order valence-electron chi connectivity index (χ3n) is 4.53. The first-order valence-electron chi connectivity index (χ1n) is 7.57. The minimum absolute atomic E-state index is 0.540. The molecule has 3 atom stereocenters. The van der Waals surface area contributed by atoms with Gasteiger partial charge in [0.05, 0.1) is 0 Å². The molecule has 0 saturated carbocycles. The minimum Gasteiger partial charge on any atom is -0.458 e. The maximum atomic E-state index is 10.5. The molecule has 1 aliphatic rings. The zero-order chi connectivity index (χ0) is 14.1. The Labute approximate surface area is 120 Å². The monoisotopic (exact) mass is 273 g/mol. The van der Waals surface area contributed by atoms with Crippen molar-refractivity contribution in [3.8, 4) is 0 Å². The van der Waals surface area contributed by atoms with E-state index < -0.39 is 6.10 Å². The maximum absolute atomic E-state index is 10.5. The number of fused-ring (bicyclic) bond motifs is 1. The average molecular weight is 273 g/mol. The van der Waals surface area contributed by atoms with Crippen LogP contribution in [0.3, 0.4) is 0 Å². The molecule has 0 bridgehead atoms. The smallest absolute Gasteiger partial charge is 0.135 e. The SMILES string of the molecule is CC1CCCC(C)N1CC(O)c1cc2ccccc2o1. The minimum atomic E-state index is -0.551. The Morgan fingerprint density at radius 2 is 1.95 bits per heavy atom.